The number of hydrogen-bond acceptors (Lipinski definition) is 3. The Bertz CT molecular complexity index is 250. The predicted molar refractivity (Wildman–Crippen MR) is 62.0 cm³/mol. The van der Waals surface area contributed by atoms with E-state index in [1.807, 2.05) is 6.92 Å². The average molecular weight is 230 g/mol. The molecule has 1 unspecified atom stereocenters. The number of nitrogens with two attached hydrogens (primary N) is 1. The summed E-state index contributed by atoms with van der Waals surface area (Å²) in [5.74, 6) is -1.03. The molecule has 0 heterocycles. The summed E-state index contributed by atoms with van der Waals surface area (Å²) in [6.45, 7) is 5.29. The largest absolute Gasteiger partial charge is 0.481 e. The minimum atomic E-state index is -0.916. The van der Waals surface area contributed by atoms with Crippen LogP contribution in [0.2, 0.25) is 0 Å². The molecule has 16 heavy (non-hydrogen) atoms. The van der Waals surface area contributed by atoms with E-state index >= 15 is 0 Å². The third-order valence-electron chi connectivity index (χ3n) is 2.13. The average Bonchev–Trinajstić information content (AvgIpc) is 1.98. The molecule has 0 radical (unpaired) electrons. The van der Waals surface area contributed by atoms with Crippen LogP contribution in [0.4, 0.5) is 0 Å². The zero-order chi connectivity index (χ0) is 12.8. The zero-order valence-corrected chi connectivity index (χ0v) is 10.2. The maximum atomic E-state index is 11.5. The Kier molecular flexibility index (Phi) is 6.03. The van der Waals surface area contributed by atoms with Crippen molar-refractivity contribution in [3.8, 4) is 0 Å². The lowest BCUT2D eigenvalue weighted by atomic mass is 10.0. The lowest BCUT2D eigenvalue weighted by Crippen LogP contribution is -2.44. The van der Waals surface area contributed by atoms with Crippen molar-refractivity contribution in [3.05, 3.63) is 0 Å². The van der Waals surface area contributed by atoms with Crippen molar-refractivity contribution in [1.82, 2.24) is 5.32 Å². The van der Waals surface area contributed by atoms with Gasteiger partial charge in [0.05, 0.1) is 6.42 Å². The molecule has 0 aliphatic heterocycles. The van der Waals surface area contributed by atoms with Gasteiger partial charge in [0.1, 0.15) is 0 Å². The van der Waals surface area contributed by atoms with Gasteiger partial charge in [-0.2, -0.15) is 0 Å². The van der Waals surface area contributed by atoms with Crippen molar-refractivity contribution in [2.24, 2.45) is 5.73 Å². The molecular weight excluding hydrogens is 208 g/mol. The summed E-state index contributed by atoms with van der Waals surface area (Å²) in [4.78, 5) is 22.0. The first-order valence-corrected chi connectivity index (χ1v) is 5.51. The predicted octanol–water partition coefficient (Wildman–Crippen LogP) is 0.873. The topological polar surface area (TPSA) is 92.4 Å². The Morgan fingerprint density at radius 1 is 1.44 bits per heavy atom. The molecule has 0 aliphatic rings. The fourth-order valence-electron chi connectivity index (χ4n) is 1.45. The first-order valence-electron chi connectivity index (χ1n) is 5.51. The second-order valence-electron chi connectivity index (χ2n) is 4.87. The smallest absolute Gasteiger partial charge is 0.305 e. The molecule has 1 amide bonds. The van der Waals surface area contributed by atoms with Crippen LogP contribution in [0.25, 0.3) is 0 Å². The van der Waals surface area contributed by atoms with E-state index in [9.17, 15) is 9.59 Å². The van der Waals surface area contributed by atoms with Gasteiger partial charge in [0, 0.05) is 18.0 Å². The Morgan fingerprint density at radius 2 is 2.00 bits per heavy atom. The van der Waals surface area contributed by atoms with Crippen molar-refractivity contribution >= 4 is 11.9 Å². The van der Waals surface area contributed by atoms with Crippen LogP contribution in [0.3, 0.4) is 0 Å². The number of carboxylic acids is 1. The second kappa shape index (κ2) is 6.48. The number of carbonyl (C=O) groups is 2. The molecule has 1 atom stereocenters. The van der Waals surface area contributed by atoms with E-state index in [1.165, 1.54) is 0 Å². The van der Waals surface area contributed by atoms with E-state index < -0.39 is 11.5 Å². The molecule has 94 valence electrons. The highest BCUT2D eigenvalue weighted by molar-refractivity contribution is 5.78. The molecule has 0 rings (SSSR count). The van der Waals surface area contributed by atoms with E-state index in [1.54, 1.807) is 13.8 Å². The monoisotopic (exact) mass is 230 g/mol. The van der Waals surface area contributed by atoms with Gasteiger partial charge in [-0.1, -0.05) is 0 Å². The number of amides is 1. The highest BCUT2D eigenvalue weighted by Gasteiger charge is 2.23. The molecule has 0 saturated heterocycles. The minimum absolute atomic E-state index is 0.0773. The molecule has 4 N–H and O–H groups in total. The minimum Gasteiger partial charge on any atom is -0.481 e. The van der Waals surface area contributed by atoms with Gasteiger partial charge in [-0.05, 0) is 33.6 Å². The number of rotatable bonds is 7. The molecule has 5 heteroatoms. The quantitative estimate of drug-likeness (QED) is 0.605. The fraction of sp³-hybridized carbons (Fsp3) is 0.818. The lowest BCUT2D eigenvalue weighted by molar-refractivity contribution is -0.138. The van der Waals surface area contributed by atoms with Crippen LogP contribution < -0.4 is 11.1 Å². The highest BCUT2D eigenvalue weighted by atomic mass is 16.4. The van der Waals surface area contributed by atoms with Crippen molar-refractivity contribution in [2.75, 3.05) is 0 Å². The summed E-state index contributed by atoms with van der Waals surface area (Å²) < 4.78 is 0. The molecular formula is C11H22N2O3. The molecule has 5 nitrogen and oxygen atoms in total. The Labute approximate surface area is 96.4 Å². The summed E-state index contributed by atoms with van der Waals surface area (Å²) >= 11 is 0. The van der Waals surface area contributed by atoms with Gasteiger partial charge in [-0.3, -0.25) is 9.59 Å². The van der Waals surface area contributed by atoms with Crippen LogP contribution in [0, 0.1) is 0 Å². The Morgan fingerprint density at radius 3 is 2.44 bits per heavy atom. The molecule has 0 spiro atoms. The Hall–Kier alpha value is -1.10. The maximum Gasteiger partial charge on any atom is 0.305 e. The van der Waals surface area contributed by atoms with Crippen molar-refractivity contribution < 1.29 is 14.7 Å². The van der Waals surface area contributed by atoms with Gasteiger partial charge in [0.15, 0.2) is 0 Å². The SMILES string of the molecule is CC(N)CCCC(=O)NC(C)(C)CC(=O)O. The van der Waals surface area contributed by atoms with E-state index in [2.05, 4.69) is 5.32 Å². The highest BCUT2D eigenvalue weighted by Crippen LogP contribution is 2.09. The number of aliphatic carboxylic acids is 1. The van der Waals surface area contributed by atoms with Gasteiger partial charge in [-0.25, -0.2) is 0 Å². The summed E-state index contributed by atoms with van der Waals surface area (Å²) in [7, 11) is 0. The molecule has 0 bridgehead atoms. The van der Waals surface area contributed by atoms with Crippen LogP contribution in [-0.4, -0.2) is 28.6 Å². The van der Waals surface area contributed by atoms with Crippen LogP contribution in [0.5, 0.6) is 0 Å². The number of hydrogen-bond donors (Lipinski definition) is 3. The third-order valence-corrected chi connectivity index (χ3v) is 2.13. The number of carbonyl (C=O) groups excluding carboxylic acids is 1. The molecule has 0 aliphatic carbocycles. The van der Waals surface area contributed by atoms with E-state index in [0.717, 1.165) is 12.8 Å². The number of carboxylic acid groups (broad SMARTS) is 1. The molecule has 0 aromatic heterocycles. The molecule has 0 saturated carbocycles. The summed E-state index contributed by atoms with van der Waals surface area (Å²) in [6, 6.07) is 0.0971. The van der Waals surface area contributed by atoms with Gasteiger partial charge >= 0.3 is 5.97 Å². The number of nitrogens with one attached hydrogen (secondary N) is 1. The lowest BCUT2D eigenvalue weighted by Gasteiger charge is -2.24. The first-order chi connectivity index (χ1) is 7.23. The fourth-order valence-corrected chi connectivity index (χ4v) is 1.45. The third kappa shape index (κ3) is 8.23. The van der Waals surface area contributed by atoms with Crippen LogP contribution in [0.1, 0.15) is 46.5 Å². The zero-order valence-electron chi connectivity index (χ0n) is 10.2. The van der Waals surface area contributed by atoms with E-state index in [4.69, 9.17) is 10.8 Å². The van der Waals surface area contributed by atoms with Crippen molar-refractivity contribution in [2.45, 2.75) is 58.0 Å². The Balaban J connectivity index is 3.89. The normalized spacial score (nSPS) is 13.2. The van der Waals surface area contributed by atoms with Crippen LogP contribution >= 0.6 is 0 Å². The summed E-state index contributed by atoms with van der Waals surface area (Å²) in [5, 5.41) is 11.3. The van der Waals surface area contributed by atoms with Crippen molar-refractivity contribution in [3.63, 3.8) is 0 Å². The first kappa shape index (κ1) is 14.9. The molecule has 0 fully saturated rings. The van der Waals surface area contributed by atoms with E-state index in [-0.39, 0.29) is 18.4 Å². The van der Waals surface area contributed by atoms with Gasteiger partial charge in [-0.15, -0.1) is 0 Å². The van der Waals surface area contributed by atoms with Crippen LogP contribution in [0.15, 0.2) is 0 Å². The molecule has 0 aromatic carbocycles. The molecule has 0 aromatic rings. The van der Waals surface area contributed by atoms with Gasteiger partial charge in [0.2, 0.25) is 5.91 Å². The summed E-state index contributed by atoms with van der Waals surface area (Å²) in [6.07, 6.45) is 1.84. The van der Waals surface area contributed by atoms with Crippen molar-refractivity contribution in [1.29, 1.82) is 0 Å². The standard InChI is InChI=1S/C11H22N2O3/c1-8(12)5-4-6-9(14)13-11(2,3)7-10(15)16/h8H,4-7,12H2,1-3H3,(H,13,14)(H,15,16). The van der Waals surface area contributed by atoms with Gasteiger partial charge < -0.3 is 16.2 Å². The van der Waals surface area contributed by atoms with E-state index in [0.29, 0.717) is 6.42 Å². The summed E-state index contributed by atoms with van der Waals surface area (Å²) in [5.41, 5.74) is 4.87. The maximum absolute atomic E-state index is 11.5. The van der Waals surface area contributed by atoms with Crippen LogP contribution in [-0.2, 0) is 9.59 Å². The second-order valence-corrected chi connectivity index (χ2v) is 4.87. The van der Waals surface area contributed by atoms with Gasteiger partial charge in [0.25, 0.3) is 0 Å².